The van der Waals surface area contributed by atoms with Gasteiger partial charge in [0.15, 0.2) is 11.5 Å². The van der Waals surface area contributed by atoms with Crippen molar-refractivity contribution < 1.29 is 19.1 Å². The molecule has 4 rings (SSSR count). The van der Waals surface area contributed by atoms with Gasteiger partial charge in [0.05, 0.1) is 17.5 Å². The third-order valence-electron chi connectivity index (χ3n) is 4.49. The second-order valence-electron chi connectivity index (χ2n) is 5.70. The van der Waals surface area contributed by atoms with Crippen LogP contribution in [0, 0.1) is 17.8 Å². The van der Waals surface area contributed by atoms with Crippen LogP contribution < -0.4 is 14.4 Å². The van der Waals surface area contributed by atoms with Crippen LogP contribution in [-0.2, 0) is 9.59 Å². The number of benzene rings is 1. The van der Waals surface area contributed by atoms with Crippen LogP contribution in [0.4, 0.5) is 5.69 Å². The van der Waals surface area contributed by atoms with Crippen LogP contribution >= 0.6 is 0 Å². The number of amides is 2. The van der Waals surface area contributed by atoms with Crippen molar-refractivity contribution in [2.24, 2.45) is 17.8 Å². The van der Waals surface area contributed by atoms with Crippen molar-refractivity contribution in [3.63, 3.8) is 0 Å². The van der Waals surface area contributed by atoms with Gasteiger partial charge in [-0.1, -0.05) is 19.1 Å². The molecule has 3 unspecified atom stereocenters. The molecule has 1 aromatic rings. The van der Waals surface area contributed by atoms with E-state index in [9.17, 15) is 9.59 Å². The van der Waals surface area contributed by atoms with E-state index in [0.29, 0.717) is 23.6 Å². The third-order valence-corrected chi connectivity index (χ3v) is 4.49. The fourth-order valence-corrected chi connectivity index (χ4v) is 3.43. The number of imide groups is 1. The standard InChI is InChI=1S/C16H15NO4/c1-9-3-2-4-11-14(9)16(19)17(15(11)18)10-5-6-12-13(7-10)21-8-20-12/h2-3,5-7,9,11,14H,4,8H2,1H3. The van der Waals surface area contributed by atoms with Gasteiger partial charge in [-0.2, -0.15) is 0 Å². The Morgan fingerprint density at radius 3 is 2.76 bits per heavy atom. The number of hydrogen-bond donors (Lipinski definition) is 0. The average Bonchev–Trinajstić information content (AvgIpc) is 3.03. The van der Waals surface area contributed by atoms with Crippen molar-refractivity contribution in [1.29, 1.82) is 0 Å². The highest BCUT2D eigenvalue weighted by Crippen LogP contribution is 2.42. The number of carbonyl (C=O) groups excluding carboxylic acids is 2. The molecule has 0 spiro atoms. The molecule has 1 aromatic carbocycles. The van der Waals surface area contributed by atoms with Crippen molar-refractivity contribution >= 4 is 17.5 Å². The van der Waals surface area contributed by atoms with E-state index in [1.54, 1.807) is 18.2 Å². The van der Waals surface area contributed by atoms with E-state index in [0.717, 1.165) is 0 Å². The summed E-state index contributed by atoms with van der Waals surface area (Å²) < 4.78 is 10.6. The van der Waals surface area contributed by atoms with E-state index in [2.05, 4.69) is 0 Å². The van der Waals surface area contributed by atoms with Crippen LogP contribution in [0.2, 0.25) is 0 Å². The van der Waals surface area contributed by atoms with E-state index >= 15 is 0 Å². The summed E-state index contributed by atoms with van der Waals surface area (Å²) in [4.78, 5) is 26.6. The Morgan fingerprint density at radius 2 is 1.95 bits per heavy atom. The summed E-state index contributed by atoms with van der Waals surface area (Å²) in [6.45, 7) is 2.16. The first-order chi connectivity index (χ1) is 10.2. The number of hydrogen-bond acceptors (Lipinski definition) is 4. The topological polar surface area (TPSA) is 55.8 Å². The number of anilines is 1. The minimum Gasteiger partial charge on any atom is -0.454 e. The predicted octanol–water partition coefficient (Wildman–Crippen LogP) is 2.12. The van der Waals surface area contributed by atoms with E-state index in [1.165, 1.54) is 4.90 Å². The molecule has 3 atom stereocenters. The summed E-state index contributed by atoms with van der Waals surface area (Å²) in [7, 11) is 0. The highest BCUT2D eigenvalue weighted by atomic mass is 16.7. The smallest absolute Gasteiger partial charge is 0.238 e. The second kappa shape index (κ2) is 4.35. The molecule has 1 fully saturated rings. The molecule has 2 amide bonds. The van der Waals surface area contributed by atoms with Gasteiger partial charge in [-0.05, 0) is 24.5 Å². The molecule has 0 aromatic heterocycles. The molecule has 108 valence electrons. The zero-order valence-corrected chi connectivity index (χ0v) is 11.6. The van der Waals surface area contributed by atoms with Crippen molar-refractivity contribution in [3.05, 3.63) is 30.4 Å². The fraction of sp³-hybridized carbons (Fsp3) is 0.375. The second-order valence-corrected chi connectivity index (χ2v) is 5.70. The summed E-state index contributed by atoms with van der Waals surface area (Å²) >= 11 is 0. The minimum atomic E-state index is -0.243. The Balaban J connectivity index is 1.73. The van der Waals surface area contributed by atoms with Gasteiger partial charge < -0.3 is 9.47 Å². The van der Waals surface area contributed by atoms with Gasteiger partial charge in [0, 0.05) is 6.07 Å². The normalized spacial score (nSPS) is 30.0. The van der Waals surface area contributed by atoms with Gasteiger partial charge in [0.25, 0.3) is 0 Å². The van der Waals surface area contributed by atoms with Gasteiger partial charge in [-0.25, -0.2) is 4.90 Å². The largest absolute Gasteiger partial charge is 0.454 e. The number of fused-ring (bicyclic) bond motifs is 2. The fourth-order valence-electron chi connectivity index (χ4n) is 3.43. The van der Waals surface area contributed by atoms with E-state index < -0.39 is 0 Å². The molecule has 0 saturated carbocycles. The molecule has 2 aliphatic heterocycles. The molecular formula is C16H15NO4. The zero-order valence-electron chi connectivity index (χ0n) is 11.6. The van der Waals surface area contributed by atoms with Crippen molar-refractivity contribution in [2.75, 3.05) is 11.7 Å². The zero-order chi connectivity index (χ0) is 14.6. The molecule has 21 heavy (non-hydrogen) atoms. The first kappa shape index (κ1) is 12.4. The molecule has 1 saturated heterocycles. The Hall–Kier alpha value is -2.30. The number of ether oxygens (including phenoxy) is 2. The lowest BCUT2D eigenvalue weighted by Gasteiger charge is -2.22. The Morgan fingerprint density at radius 1 is 1.14 bits per heavy atom. The van der Waals surface area contributed by atoms with Crippen LogP contribution in [0.25, 0.3) is 0 Å². The lowest BCUT2D eigenvalue weighted by Crippen LogP contribution is -2.31. The van der Waals surface area contributed by atoms with Gasteiger partial charge in [-0.15, -0.1) is 0 Å². The lowest BCUT2D eigenvalue weighted by molar-refractivity contribution is -0.122. The van der Waals surface area contributed by atoms with Crippen LogP contribution in [0.5, 0.6) is 11.5 Å². The molecule has 0 bridgehead atoms. The molecule has 0 N–H and O–H groups in total. The number of nitrogens with zero attached hydrogens (tertiary/aromatic N) is 1. The van der Waals surface area contributed by atoms with Gasteiger partial charge in [0.2, 0.25) is 18.6 Å². The summed E-state index contributed by atoms with van der Waals surface area (Å²) in [6, 6.07) is 5.17. The van der Waals surface area contributed by atoms with Crippen LogP contribution in [0.3, 0.4) is 0 Å². The maximum atomic E-state index is 12.7. The van der Waals surface area contributed by atoms with E-state index in [4.69, 9.17) is 9.47 Å². The van der Waals surface area contributed by atoms with Crippen LogP contribution in [0.15, 0.2) is 30.4 Å². The minimum absolute atomic E-state index is 0.0965. The molecular weight excluding hydrogens is 270 g/mol. The molecule has 5 heteroatoms. The summed E-state index contributed by atoms with van der Waals surface area (Å²) in [5.41, 5.74) is 0.566. The Bertz CT molecular complexity index is 666. The maximum Gasteiger partial charge on any atom is 0.238 e. The predicted molar refractivity (Wildman–Crippen MR) is 75.0 cm³/mol. The van der Waals surface area contributed by atoms with Gasteiger partial charge in [-0.3, -0.25) is 9.59 Å². The summed E-state index contributed by atoms with van der Waals surface area (Å²) in [5.74, 6) is 0.621. The maximum absolute atomic E-state index is 12.7. The average molecular weight is 285 g/mol. The number of rotatable bonds is 1. The highest BCUT2D eigenvalue weighted by Gasteiger charge is 2.50. The summed E-state index contributed by atoms with van der Waals surface area (Å²) in [5, 5.41) is 0. The van der Waals surface area contributed by atoms with Gasteiger partial charge in [0.1, 0.15) is 0 Å². The monoisotopic (exact) mass is 285 g/mol. The molecule has 0 radical (unpaired) electrons. The Kier molecular flexibility index (Phi) is 2.58. The van der Waals surface area contributed by atoms with Crippen molar-refractivity contribution in [1.82, 2.24) is 0 Å². The molecule has 2 heterocycles. The third kappa shape index (κ3) is 1.70. The SMILES string of the molecule is CC1C=CCC2C(=O)N(c3ccc4c(c3)OCO4)C(=O)C12. The molecule has 3 aliphatic rings. The summed E-state index contributed by atoms with van der Waals surface area (Å²) in [6.07, 6.45) is 4.66. The first-order valence-electron chi connectivity index (χ1n) is 7.11. The van der Waals surface area contributed by atoms with Gasteiger partial charge >= 0.3 is 0 Å². The highest BCUT2D eigenvalue weighted by molar-refractivity contribution is 6.22. The van der Waals surface area contributed by atoms with E-state index in [-0.39, 0.29) is 36.4 Å². The number of carbonyl (C=O) groups is 2. The van der Waals surface area contributed by atoms with Crippen LogP contribution in [0.1, 0.15) is 13.3 Å². The quantitative estimate of drug-likeness (QED) is 0.586. The first-order valence-corrected chi connectivity index (χ1v) is 7.11. The van der Waals surface area contributed by atoms with Crippen molar-refractivity contribution in [2.45, 2.75) is 13.3 Å². The van der Waals surface area contributed by atoms with E-state index in [1.807, 2.05) is 19.1 Å². The molecule has 1 aliphatic carbocycles. The lowest BCUT2D eigenvalue weighted by atomic mass is 9.78. The Labute approximate surface area is 122 Å². The molecule has 5 nitrogen and oxygen atoms in total. The van der Waals surface area contributed by atoms with Crippen molar-refractivity contribution in [3.8, 4) is 11.5 Å². The number of allylic oxidation sites excluding steroid dienone is 2. The van der Waals surface area contributed by atoms with Crippen LogP contribution in [-0.4, -0.2) is 18.6 Å².